The van der Waals surface area contributed by atoms with Crippen molar-refractivity contribution in [3.63, 3.8) is 0 Å². The number of hydrogen-bond acceptors (Lipinski definition) is 3. The van der Waals surface area contributed by atoms with Crippen LogP contribution in [0.4, 0.5) is 5.69 Å². The molecule has 1 unspecified atom stereocenters. The SMILES string of the molecule is CCNC(=NCCCn1cc(C)cn1)NC1CC(=O)N(c2ccccc2)C1.I. The number of anilines is 1. The number of benzene rings is 1. The van der Waals surface area contributed by atoms with E-state index in [0.29, 0.717) is 19.5 Å². The van der Waals surface area contributed by atoms with E-state index in [9.17, 15) is 4.79 Å². The highest BCUT2D eigenvalue weighted by molar-refractivity contribution is 14.0. The van der Waals surface area contributed by atoms with Gasteiger partial charge in [-0.3, -0.25) is 14.5 Å². The van der Waals surface area contributed by atoms with Gasteiger partial charge in [-0.2, -0.15) is 5.10 Å². The number of aromatic nitrogens is 2. The summed E-state index contributed by atoms with van der Waals surface area (Å²) in [5.41, 5.74) is 2.12. The summed E-state index contributed by atoms with van der Waals surface area (Å²) in [4.78, 5) is 18.8. The monoisotopic (exact) mass is 496 g/mol. The minimum atomic E-state index is 0. The smallest absolute Gasteiger partial charge is 0.229 e. The average molecular weight is 496 g/mol. The first-order chi connectivity index (χ1) is 13.2. The summed E-state index contributed by atoms with van der Waals surface area (Å²) >= 11 is 0. The number of hydrogen-bond donors (Lipinski definition) is 2. The van der Waals surface area contributed by atoms with Gasteiger partial charge in [-0.15, -0.1) is 24.0 Å². The predicted octanol–water partition coefficient (Wildman–Crippen LogP) is 2.56. The van der Waals surface area contributed by atoms with Gasteiger partial charge >= 0.3 is 0 Å². The summed E-state index contributed by atoms with van der Waals surface area (Å²) in [5.74, 6) is 0.908. The molecule has 0 aliphatic carbocycles. The fourth-order valence-corrected chi connectivity index (χ4v) is 3.19. The van der Waals surface area contributed by atoms with E-state index in [4.69, 9.17) is 0 Å². The molecular weight excluding hydrogens is 467 g/mol. The van der Waals surface area contributed by atoms with Gasteiger partial charge in [-0.05, 0) is 38.0 Å². The maximum absolute atomic E-state index is 12.4. The number of aryl methyl sites for hydroxylation is 2. The lowest BCUT2D eigenvalue weighted by atomic mass is 10.2. The van der Waals surface area contributed by atoms with Crippen LogP contribution < -0.4 is 15.5 Å². The summed E-state index contributed by atoms with van der Waals surface area (Å²) in [6.07, 6.45) is 5.29. The standard InChI is InChI=1S/C20H28N6O.HI/c1-3-21-20(22-10-7-11-25-14-16(2)13-23-25)24-17-12-19(27)26(15-17)18-8-5-4-6-9-18;/h4-6,8-9,13-14,17H,3,7,10-12,15H2,1-2H3,(H2,21,22,24);1H. The van der Waals surface area contributed by atoms with Gasteiger partial charge in [0, 0.05) is 44.5 Å². The molecule has 1 aliphatic heterocycles. The Kier molecular flexibility index (Phi) is 8.75. The molecule has 3 rings (SSSR count). The van der Waals surface area contributed by atoms with Gasteiger partial charge in [0.2, 0.25) is 5.91 Å². The molecule has 1 aromatic carbocycles. The predicted molar refractivity (Wildman–Crippen MR) is 123 cm³/mol. The van der Waals surface area contributed by atoms with E-state index < -0.39 is 0 Å². The first kappa shape index (κ1) is 22.2. The molecule has 0 spiro atoms. The van der Waals surface area contributed by atoms with Crippen LogP contribution in [-0.2, 0) is 11.3 Å². The Morgan fingerprint density at radius 3 is 2.79 bits per heavy atom. The number of carbonyl (C=O) groups excluding carboxylic acids is 1. The highest BCUT2D eigenvalue weighted by atomic mass is 127. The van der Waals surface area contributed by atoms with Crippen LogP contribution >= 0.6 is 24.0 Å². The second kappa shape index (κ2) is 11.0. The van der Waals surface area contributed by atoms with E-state index in [1.165, 1.54) is 5.56 Å². The van der Waals surface area contributed by atoms with Gasteiger partial charge < -0.3 is 15.5 Å². The third-order valence-electron chi connectivity index (χ3n) is 4.46. The Morgan fingerprint density at radius 1 is 1.32 bits per heavy atom. The number of nitrogens with one attached hydrogen (secondary N) is 2. The number of amides is 1. The van der Waals surface area contributed by atoms with Crippen LogP contribution in [0.15, 0.2) is 47.7 Å². The second-order valence-corrected chi connectivity index (χ2v) is 6.78. The Labute approximate surface area is 183 Å². The van der Waals surface area contributed by atoms with Crippen LogP contribution in [-0.4, -0.2) is 47.3 Å². The Morgan fingerprint density at radius 2 is 2.11 bits per heavy atom. The van der Waals surface area contributed by atoms with Gasteiger partial charge in [0.1, 0.15) is 0 Å². The molecule has 1 atom stereocenters. The Bertz CT molecular complexity index is 776. The molecule has 0 saturated carbocycles. The van der Waals surface area contributed by atoms with Crippen LogP contribution in [0.25, 0.3) is 0 Å². The van der Waals surface area contributed by atoms with Crippen molar-refractivity contribution in [3.05, 3.63) is 48.3 Å². The highest BCUT2D eigenvalue weighted by Crippen LogP contribution is 2.20. The average Bonchev–Trinajstić information content (AvgIpc) is 3.25. The van der Waals surface area contributed by atoms with Crippen LogP contribution in [0.1, 0.15) is 25.3 Å². The minimum Gasteiger partial charge on any atom is -0.357 e. The van der Waals surface area contributed by atoms with E-state index in [1.807, 2.05) is 66.2 Å². The van der Waals surface area contributed by atoms with E-state index >= 15 is 0 Å². The van der Waals surface area contributed by atoms with Crippen LogP contribution in [0.2, 0.25) is 0 Å². The summed E-state index contributed by atoms with van der Waals surface area (Å²) in [6.45, 7) is 7.07. The Balaban J connectivity index is 0.00000280. The van der Waals surface area contributed by atoms with E-state index in [2.05, 4.69) is 20.7 Å². The third-order valence-corrected chi connectivity index (χ3v) is 4.46. The van der Waals surface area contributed by atoms with Crippen molar-refractivity contribution in [2.75, 3.05) is 24.5 Å². The minimum absolute atomic E-state index is 0. The van der Waals surface area contributed by atoms with Gasteiger partial charge in [0.15, 0.2) is 5.96 Å². The molecule has 2 aromatic rings. The molecule has 1 saturated heterocycles. The maximum atomic E-state index is 12.4. The van der Waals surface area contributed by atoms with Crippen molar-refractivity contribution in [3.8, 4) is 0 Å². The number of rotatable bonds is 7. The highest BCUT2D eigenvalue weighted by Gasteiger charge is 2.30. The van der Waals surface area contributed by atoms with Crippen molar-refractivity contribution < 1.29 is 4.79 Å². The molecule has 1 aliphatic rings. The van der Waals surface area contributed by atoms with E-state index in [1.54, 1.807) is 0 Å². The molecule has 1 aromatic heterocycles. The van der Waals surface area contributed by atoms with Crippen molar-refractivity contribution in [1.82, 2.24) is 20.4 Å². The third kappa shape index (κ3) is 6.22. The molecule has 1 fully saturated rings. The lowest BCUT2D eigenvalue weighted by molar-refractivity contribution is -0.117. The number of nitrogens with zero attached hydrogens (tertiary/aromatic N) is 4. The van der Waals surface area contributed by atoms with Gasteiger partial charge in [0.05, 0.1) is 12.2 Å². The summed E-state index contributed by atoms with van der Waals surface area (Å²) in [6, 6.07) is 9.86. The normalized spacial score (nSPS) is 16.8. The molecule has 8 heteroatoms. The number of para-hydroxylation sites is 1. The summed E-state index contributed by atoms with van der Waals surface area (Å²) in [5, 5.41) is 11.0. The number of guanidine groups is 1. The molecule has 0 radical (unpaired) electrons. The van der Waals surface area contributed by atoms with Crippen molar-refractivity contribution >= 4 is 41.5 Å². The van der Waals surface area contributed by atoms with E-state index in [0.717, 1.165) is 31.2 Å². The number of aliphatic imine (C=N–C) groups is 1. The molecule has 2 heterocycles. The topological polar surface area (TPSA) is 74.5 Å². The molecular formula is C20H29IN6O. The zero-order valence-electron chi connectivity index (χ0n) is 16.5. The number of carbonyl (C=O) groups is 1. The zero-order valence-corrected chi connectivity index (χ0v) is 18.8. The lowest BCUT2D eigenvalue weighted by Crippen LogP contribution is -2.44. The Hall–Kier alpha value is -2.10. The van der Waals surface area contributed by atoms with Crippen molar-refractivity contribution in [2.24, 2.45) is 4.99 Å². The van der Waals surface area contributed by atoms with Crippen molar-refractivity contribution in [2.45, 2.75) is 39.3 Å². The zero-order chi connectivity index (χ0) is 19.1. The quantitative estimate of drug-likeness (QED) is 0.268. The largest absolute Gasteiger partial charge is 0.357 e. The van der Waals surface area contributed by atoms with Gasteiger partial charge in [-0.25, -0.2) is 0 Å². The maximum Gasteiger partial charge on any atom is 0.229 e. The second-order valence-electron chi connectivity index (χ2n) is 6.78. The van der Waals surface area contributed by atoms with Crippen molar-refractivity contribution in [1.29, 1.82) is 0 Å². The van der Waals surface area contributed by atoms with E-state index in [-0.39, 0.29) is 35.9 Å². The first-order valence-corrected chi connectivity index (χ1v) is 9.55. The fraction of sp³-hybridized carbons (Fsp3) is 0.450. The van der Waals surface area contributed by atoms with Crippen LogP contribution in [0.3, 0.4) is 0 Å². The van der Waals surface area contributed by atoms with Crippen LogP contribution in [0, 0.1) is 6.92 Å². The first-order valence-electron chi connectivity index (χ1n) is 9.55. The van der Waals surface area contributed by atoms with Gasteiger partial charge in [0.25, 0.3) is 0 Å². The molecule has 2 N–H and O–H groups in total. The molecule has 152 valence electrons. The molecule has 28 heavy (non-hydrogen) atoms. The summed E-state index contributed by atoms with van der Waals surface area (Å²) in [7, 11) is 0. The molecule has 0 bridgehead atoms. The summed E-state index contributed by atoms with van der Waals surface area (Å²) < 4.78 is 1.94. The molecule has 1 amide bonds. The number of halogens is 1. The fourth-order valence-electron chi connectivity index (χ4n) is 3.19. The lowest BCUT2D eigenvalue weighted by Gasteiger charge is -2.19. The molecule has 7 nitrogen and oxygen atoms in total. The van der Waals surface area contributed by atoms with Crippen LogP contribution in [0.5, 0.6) is 0 Å². The van der Waals surface area contributed by atoms with Gasteiger partial charge in [-0.1, -0.05) is 18.2 Å².